The second-order valence-electron chi connectivity index (χ2n) is 5.85. The number of aromatic nitrogens is 2. The first kappa shape index (κ1) is 14.3. The van der Waals surface area contributed by atoms with Crippen molar-refractivity contribution in [2.45, 2.75) is 38.8 Å². The number of anilines is 1. The van der Waals surface area contributed by atoms with Crippen molar-refractivity contribution in [2.24, 2.45) is 0 Å². The molecule has 3 N–H and O–H groups in total. The van der Waals surface area contributed by atoms with Gasteiger partial charge in [0.1, 0.15) is 0 Å². The monoisotopic (exact) mass is 278 g/mol. The Kier molecular flexibility index (Phi) is 3.17. The third kappa shape index (κ3) is 2.57. The maximum Gasteiger partial charge on any atom is 0.271 e. The first-order chi connectivity index (χ1) is 9.10. The van der Waals surface area contributed by atoms with Gasteiger partial charge >= 0.3 is 0 Å². The molecule has 0 aliphatic rings. The van der Waals surface area contributed by atoms with E-state index < -0.39 is 16.1 Å². The highest BCUT2D eigenvalue weighted by Gasteiger charge is 2.35. The van der Waals surface area contributed by atoms with E-state index in [-0.39, 0.29) is 5.69 Å². The summed E-state index contributed by atoms with van der Waals surface area (Å²) in [5.74, 6) is 0.465. The van der Waals surface area contributed by atoms with E-state index in [0.29, 0.717) is 17.0 Å². The van der Waals surface area contributed by atoms with Gasteiger partial charge in [0.25, 0.3) is 5.69 Å². The number of imidazole rings is 1. The lowest BCUT2D eigenvalue weighted by Crippen LogP contribution is -2.51. The number of nitrogens with zero attached hydrogens (tertiary/aromatic N) is 2. The topological polar surface area (TPSA) is 104 Å². The average Bonchev–Trinajstić information content (AvgIpc) is 2.67. The highest BCUT2D eigenvalue weighted by molar-refractivity contribution is 5.80. The van der Waals surface area contributed by atoms with Gasteiger partial charge in [-0.3, -0.25) is 10.1 Å². The Morgan fingerprint density at radius 3 is 2.55 bits per heavy atom. The summed E-state index contributed by atoms with van der Waals surface area (Å²) in [6, 6.07) is 4.44. The zero-order valence-corrected chi connectivity index (χ0v) is 11.9. The molecule has 0 fully saturated rings. The Bertz CT molecular complexity index is 655. The number of nitro groups is 1. The first-order valence-corrected chi connectivity index (χ1v) is 6.25. The lowest BCUT2D eigenvalue weighted by molar-refractivity contribution is -0.384. The number of benzene rings is 1. The van der Waals surface area contributed by atoms with Crippen molar-refractivity contribution in [2.75, 3.05) is 5.32 Å². The predicted molar refractivity (Wildman–Crippen MR) is 76.7 cm³/mol. The second-order valence-corrected chi connectivity index (χ2v) is 5.85. The fourth-order valence-electron chi connectivity index (χ4n) is 1.62. The van der Waals surface area contributed by atoms with Crippen LogP contribution >= 0.6 is 0 Å². The molecule has 0 aliphatic heterocycles. The Morgan fingerprint density at radius 1 is 1.35 bits per heavy atom. The van der Waals surface area contributed by atoms with Crippen molar-refractivity contribution >= 4 is 22.7 Å². The van der Waals surface area contributed by atoms with Crippen LogP contribution in [0.25, 0.3) is 11.0 Å². The summed E-state index contributed by atoms with van der Waals surface area (Å²) in [4.78, 5) is 17.6. The molecule has 0 aliphatic carbocycles. The third-order valence-electron chi connectivity index (χ3n) is 3.64. The smallest absolute Gasteiger partial charge is 0.271 e. The van der Waals surface area contributed by atoms with E-state index in [2.05, 4.69) is 15.3 Å². The van der Waals surface area contributed by atoms with Gasteiger partial charge in [-0.15, -0.1) is 0 Å². The first-order valence-electron chi connectivity index (χ1n) is 6.25. The van der Waals surface area contributed by atoms with Crippen molar-refractivity contribution in [3.63, 3.8) is 0 Å². The number of hydrogen-bond acceptors (Lipinski definition) is 5. The van der Waals surface area contributed by atoms with Gasteiger partial charge in [0.2, 0.25) is 5.95 Å². The molecule has 0 saturated heterocycles. The summed E-state index contributed by atoms with van der Waals surface area (Å²) in [7, 11) is 0. The van der Waals surface area contributed by atoms with E-state index >= 15 is 0 Å². The minimum atomic E-state index is -0.960. The summed E-state index contributed by atoms with van der Waals surface area (Å²) >= 11 is 0. The summed E-state index contributed by atoms with van der Waals surface area (Å²) in [6.45, 7) is 7.10. The van der Waals surface area contributed by atoms with Crippen LogP contribution in [0.1, 0.15) is 27.7 Å². The van der Waals surface area contributed by atoms with Gasteiger partial charge in [0.15, 0.2) is 0 Å². The third-order valence-corrected chi connectivity index (χ3v) is 3.64. The number of rotatable bonds is 4. The van der Waals surface area contributed by atoms with Crippen molar-refractivity contribution in [3.8, 4) is 0 Å². The van der Waals surface area contributed by atoms with E-state index in [1.165, 1.54) is 12.1 Å². The second kappa shape index (κ2) is 4.45. The number of aliphatic hydroxyl groups is 1. The van der Waals surface area contributed by atoms with Crippen LogP contribution < -0.4 is 5.32 Å². The molecule has 2 aromatic rings. The van der Waals surface area contributed by atoms with Crippen LogP contribution in [-0.4, -0.2) is 31.1 Å². The molecule has 0 unspecified atom stereocenters. The molecule has 0 radical (unpaired) electrons. The quantitative estimate of drug-likeness (QED) is 0.588. The van der Waals surface area contributed by atoms with Crippen LogP contribution in [0.3, 0.4) is 0 Å². The molecule has 2 rings (SSSR count). The van der Waals surface area contributed by atoms with Gasteiger partial charge in [-0.1, -0.05) is 0 Å². The summed E-state index contributed by atoms with van der Waals surface area (Å²) in [5.41, 5.74) is -0.363. The molecule has 0 atom stereocenters. The normalized spacial score (nSPS) is 12.7. The fourth-order valence-corrected chi connectivity index (χ4v) is 1.62. The maximum atomic E-state index is 10.7. The molecule has 7 nitrogen and oxygen atoms in total. The molecule has 0 amide bonds. The lowest BCUT2D eigenvalue weighted by Gasteiger charge is -2.37. The molecule has 0 saturated carbocycles. The standard InChI is InChI=1S/C13H18N4O3/c1-12(2,13(3,4)18)16-11-14-9-6-5-8(17(19)20)7-10(9)15-11/h5-7,18H,1-4H3,(H2,14,15,16). The highest BCUT2D eigenvalue weighted by Crippen LogP contribution is 2.26. The fraction of sp³-hybridized carbons (Fsp3) is 0.462. The van der Waals surface area contributed by atoms with E-state index in [1.54, 1.807) is 19.9 Å². The molecule has 0 spiro atoms. The molecule has 1 heterocycles. The predicted octanol–water partition coefficient (Wildman–Crippen LogP) is 2.43. The largest absolute Gasteiger partial charge is 0.388 e. The summed E-state index contributed by atoms with van der Waals surface area (Å²) < 4.78 is 0. The zero-order valence-electron chi connectivity index (χ0n) is 11.9. The maximum absolute atomic E-state index is 10.7. The molecular weight excluding hydrogens is 260 g/mol. The number of hydrogen-bond donors (Lipinski definition) is 3. The number of H-pyrrole nitrogens is 1. The minimum absolute atomic E-state index is 0.00875. The van der Waals surface area contributed by atoms with Crippen LogP contribution in [0, 0.1) is 10.1 Å². The average molecular weight is 278 g/mol. The SMILES string of the molecule is CC(C)(O)C(C)(C)Nc1nc2ccc([N+](=O)[O-])cc2[nH]1. The number of aromatic amines is 1. The van der Waals surface area contributed by atoms with E-state index in [9.17, 15) is 15.2 Å². The van der Waals surface area contributed by atoms with Crippen molar-refractivity contribution in [1.29, 1.82) is 0 Å². The van der Waals surface area contributed by atoms with Gasteiger partial charge in [-0.05, 0) is 33.8 Å². The number of non-ortho nitro benzene ring substituents is 1. The minimum Gasteiger partial charge on any atom is -0.388 e. The van der Waals surface area contributed by atoms with E-state index in [1.807, 2.05) is 13.8 Å². The molecule has 7 heteroatoms. The van der Waals surface area contributed by atoms with Crippen LogP contribution in [-0.2, 0) is 0 Å². The molecule has 108 valence electrons. The molecule has 20 heavy (non-hydrogen) atoms. The van der Waals surface area contributed by atoms with Crippen molar-refractivity contribution < 1.29 is 10.0 Å². The van der Waals surface area contributed by atoms with E-state index in [4.69, 9.17) is 0 Å². The van der Waals surface area contributed by atoms with Crippen molar-refractivity contribution in [1.82, 2.24) is 9.97 Å². The van der Waals surface area contributed by atoms with Gasteiger partial charge in [-0.2, -0.15) is 0 Å². The molecular formula is C13H18N4O3. The van der Waals surface area contributed by atoms with Gasteiger partial charge in [-0.25, -0.2) is 4.98 Å². The zero-order chi connectivity index (χ0) is 15.1. The molecule has 1 aromatic heterocycles. The van der Waals surface area contributed by atoms with Crippen LogP contribution in [0.5, 0.6) is 0 Å². The van der Waals surface area contributed by atoms with Gasteiger partial charge < -0.3 is 15.4 Å². The molecule has 0 bridgehead atoms. The summed E-state index contributed by atoms with van der Waals surface area (Å²) in [5, 5.41) is 23.9. The number of nitrogens with one attached hydrogen (secondary N) is 2. The van der Waals surface area contributed by atoms with Crippen LogP contribution in [0.2, 0.25) is 0 Å². The number of nitro benzene ring substituents is 1. The van der Waals surface area contributed by atoms with Gasteiger partial charge in [0.05, 0.1) is 27.1 Å². The molecule has 1 aromatic carbocycles. The van der Waals surface area contributed by atoms with Crippen LogP contribution in [0.4, 0.5) is 11.6 Å². The van der Waals surface area contributed by atoms with Gasteiger partial charge in [0, 0.05) is 12.1 Å². The highest BCUT2D eigenvalue weighted by atomic mass is 16.6. The Labute approximate surface area is 116 Å². The number of fused-ring (bicyclic) bond motifs is 1. The van der Waals surface area contributed by atoms with Crippen LogP contribution in [0.15, 0.2) is 18.2 Å². The van der Waals surface area contributed by atoms with E-state index in [0.717, 1.165) is 0 Å². The Balaban J connectivity index is 2.35. The summed E-state index contributed by atoms with van der Waals surface area (Å²) in [6.07, 6.45) is 0. The Hall–Kier alpha value is -2.15. The van der Waals surface area contributed by atoms with Crippen molar-refractivity contribution in [3.05, 3.63) is 28.3 Å². The lowest BCUT2D eigenvalue weighted by atomic mass is 9.86. The Morgan fingerprint density at radius 2 is 2.00 bits per heavy atom.